The van der Waals surface area contributed by atoms with Crippen molar-refractivity contribution in [1.29, 1.82) is 0 Å². The van der Waals surface area contributed by atoms with Gasteiger partial charge in [-0.05, 0) is 20.8 Å². The number of hydrogen-bond acceptors (Lipinski definition) is 10. The third kappa shape index (κ3) is 9.36. The Hall–Kier alpha value is -3.37. The summed E-state index contributed by atoms with van der Waals surface area (Å²) in [4.78, 5) is 58.1. The molecular formula is C17H23NO10. The molecule has 0 aliphatic heterocycles. The smallest absolute Gasteiger partial charge is 0.429 e. The van der Waals surface area contributed by atoms with Crippen LogP contribution in [0, 0.1) is 0 Å². The normalized spacial score (nSPS) is 9.54. The number of imide groups is 3. The van der Waals surface area contributed by atoms with Gasteiger partial charge in [0.2, 0.25) is 0 Å². The first-order valence-corrected chi connectivity index (χ1v) is 8.07. The maximum atomic E-state index is 12.0. The molecular weight excluding hydrogens is 378 g/mol. The van der Waals surface area contributed by atoms with Crippen LogP contribution in [0.15, 0.2) is 24.3 Å². The first-order chi connectivity index (χ1) is 13.1. The maximum Gasteiger partial charge on any atom is 0.429 e. The summed E-state index contributed by atoms with van der Waals surface area (Å²) in [5, 5.41) is 0. The molecule has 0 spiro atoms. The van der Waals surface area contributed by atoms with Crippen molar-refractivity contribution in [1.82, 2.24) is 4.90 Å². The molecule has 0 aliphatic carbocycles. The van der Waals surface area contributed by atoms with E-state index in [2.05, 4.69) is 27.4 Å². The van der Waals surface area contributed by atoms with E-state index < -0.39 is 43.4 Å². The lowest BCUT2D eigenvalue weighted by atomic mass is 10.4. The Bertz CT molecular complexity index is 594. The zero-order valence-electron chi connectivity index (χ0n) is 16.0. The summed E-state index contributed by atoms with van der Waals surface area (Å²) >= 11 is 0. The number of carbonyl (C=O) groups is 5. The van der Waals surface area contributed by atoms with Crippen LogP contribution >= 0.6 is 0 Å². The summed E-state index contributed by atoms with van der Waals surface area (Å²) < 4.78 is 23.4. The fourth-order valence-corrected chi connectivity index (χ4v) is 1.31. The van der Waals surface area contributed by atoms with Gasteiger partial charge in [-0.25, -0.2) is 24.0 Å². The van der Waals surface area contributed by atoms with Crippen LogP contribution in [-0.4, -0.2) is 68.2 Å². The Labute approximate surface area is 161 Å². The van der Waals surface area contributed by atoms with Crippen molar-refractivity contribution in [2.45, 2.75) is 20.8 Å². The van der Waals surface area contributed by atoms with Crippen molar-refractivity contribution < 1.29 is 47.7 Å². The third-order valence-corrected chi connectivity index (χ3v) is 2.60. The van der Waals surface area contributed by atoms with Gasteiger partial charge in [0.05, 0.1) is 6.61 Å². The van der Waals surface area contributed by atoms with Gasteiger partial charge in [0.25, 0.3) is 0 Å². The minimum atomic E-state index is -1.39. The van der Waals surface area contributed by atoms with Crippen molar-refractivity contribution >= 4 is 30.2 Å². The second-order valence-corrected chi connectivity index (χ2v) is 5.10. The van der Waals surface area contributed by atoms with Crippen molar-refractivity contribution in [2.75, 3.05) is 33.0 Å². The summed E-state index contributed by atoms with van der Waals surface area (Å²) in [6.45, 7) is 9.44. The van der Waals surface area contributed by atoms with E-state index in [1.165, 1.54) is 20.8 Å². The van der Waals surface area contributed by atoms with Gasteiger partial charge in [-0.1, -0.05) is 13.2 Å². The number of hydrogen-bond donors (Lipinski definition) is 0. The van der Waals surface area contributed by atoms with E-state index in [1.54, 1.807) is 0 Å². The number of amides is 3. The number of carbonyl (C=O) groups excluding carboxylic acids is 5. The molecule has 0 fully saturated rings. The topological polar surface area (TPSA) is 135 Å². The average Bonchev–Trinajstić information content (AvgIpc) is 2.62. The molecule has 0 heterocycles. The molecule has 0 saturated heterocycles. The van der Waals surface area contributed by atoms with Gasteiger partial charge in [0.1, 0.15) is 26.4 Å². The highest BCUT2D eigenvalue weighted by Crippen LogP contribution is 2.04. The van der Waals surface area contributed by atoms with Crippen molar-refractivity contribution in [2.24, 2.45) is 0 Å². The molecule has 0 bridgehead atoms. The van der Waals surface area contributed by atoms with Crippen LogP contribution in [0.1, 0.15) is 20.8 Å². The fourth-order valence-electron chi connectivity index (χ4n) is 1.31. The van der Waals surface area contributed by atoms with Gasteiger partial charge in [-0.2, -0.15) is 0 Å². The molecule has 11 nitrogen and oxygen atoms in total. The summed E-state index contributed by atoms with van der Waals surface area (Å²) in [7, 11) is 0. The predicted octanol–water partition coefficient (Wildman–Crippen LogP) is 1.96. The number of rotatable bonds is 9. The number of esters is 2. The Morgan fingerprint density at radius 1 is 0.643 bits per heavy atom. The van der Waals surface area contributed by atoms with Gasteiger partial charge in [-0.3, -0.25) is 0 Å². The highest BCUT2D eigenvalue weighted by atomic mass is 16.6. The quantitative estimate of drug-likeness (QED) is 0.244. The largest absolute Gasteiger partial charge is 0.459 e. The molecule has 0 aromatic carbocycles. The Balaban J connectivity index is 4.64. The molecule has 0 aromatic heterocycles. The highest BCUT2D eigenvalue weighted by Gasteiger charge is 2.33. The van der Waals surface area contributed by atoms with Gasteiger partial charge in [-0.15, -0.1) is 4.90 Å². The van der Waals surface area contributed by atoms with E-state index in [1.807, 2.05) is 0 Å². The summed E-state index contributed by atoms with van der Waals surface area (Å²) in [6.07, 6.45) is -4.11. The van der Waals surface area contributed by atoms with Gasteiger partial charge < -0.3 is 23.7 Å². The van der Waals surface area contributed by atoms with E-state index in [0.29, 0.717) is 0 Å². The SMILES string of the molecule is C=C(C)C(=O)OCCOC(=O)N(C(=O)OCC)C(=O)OCCOC(=O)C(=C)C. The summed E-state index contributed by atoms with van der Waals surface area (Å²) in [5.41, 5.74) is 0.297. The predicted molar refractivity (Wildman–Crippen MR) is 93.1 cm³/mol. The fraction of sp³-hybridized carbons (Fsp3) is 0.471. The molecule has 28 heavy (non-hydrogen) atoms. The van der Waals surface area contributed by atoms with Crippen LogP contribution in [0.5, 0.6) is 0 Å². The monoisotopic (exact) mass is 401 g/mol. The molecule has 3 amide bonds. The summed E-state index contributed by atoms with van der Waals surface area (Å²) in [5.74, 6) is -1.39. The number of nitrogens with zero attached hydrogens (tertiary/aromatic N) is 1. The molecule has 0 atom stereocenters. The van der Waals surface area contributed by atoms with E-state index >= 15 is 0 Å². The van der Waals surface area contributed by atoms with Crippen LogP contribution in [0.2, 0.25) is 0 Å². The van der Waals surface area contributed by atoms with E-state index in [-0.39, 0.29) is 35.9 Å². The molecule has 156 valence electrons. The van der Waals surface area contributed by atoms with Crippen molar-refractivity contribution in [3.05, 3.63) is 24.3 Å². The Morgan fingerprint density at radius 2 is 0.964 bits per heavy atom. The Kier molecular flexibility index (Phi) is 11.3. The van der Waals surface area contributed by atoms with Crippen molar-refractivity contribution in [3.8, 4) is 0 Å². The molecule has 0 N–H and O–H groups in total. The van der Waals surface area contributed by atoms with Crippen LogP contribution in [0.3, 0.4) is 0 Å². The first kappa shape index (κ1) is 24.6. The van der Waals surface area contributed by atoms with Crippen molar-refractivity contribution in [3.63, 3.8) is 0 Å². The number of ether oxygens (including phenoxy) is 5. The lowest BCUT2D eigenvalue weighted by Gasteiger charge is -2.17. The lowest BCUT2D eigenvalue weighted by molar-refractivity contribution is -0.140. The van der Waals surface area contributed by atoms with Gasteiger partial charge >= 0.3 is 30.2 Å². The Morgan fingerprint density at radius 3 is 1.29 bits per heavy atom. The molecule has 0 saturated carbocycles. The van der Waals surface area contributed by atoms with Gasteiger partial charge in [0, 0.05) is 11.1 Å². The van der Waals surface area contributed by atoms with Crippen LogP contribution < -0.4 is 0 Å². The maximum absolute atomic E-state index is 12.0. The van der Waals surface area contributed by atoms with Crippen LogP contribution in [0.25, 0.3) is 0 Å². The second-order valence-electron chi connectivity index (χ2n) is 5.10. The highest BCUT2D eigenvalue weighted by molar-refractivity contribution is 6.03. The molecule has 0 radical (unpaired) electrons. The van der Waals surface area contributed by atoms with Crippen LogP contribution in [-0.2, 0) is 33.3 Å². The standard InChI is InChI=1S/C17H23NO10/c1-6-24-15(21)18(16(22)27-9-7-25-13(19)11(2)3)17(23)28-10-8-26-14(20)12(4)5/h2,4,6-10H2,1,3,5H3. The molecule has 11 heteroatoms. The average molecular weight is 401 g/mol. The van der Waals surface area contributed by atoms with E-state index in [0.717, 1.165) is 0 Å². The van der Waals surface area contributed by atoms with Crippen LogP contribution in [0.4, 0.5) is 14.4 Å². The first-order valence-electron chi connectivity index (χ1n) is 8.07. The lowest BCUT2D eigenvalue weighted by Crippen LogP contribution is -2.43. The third-order valence-electron chi connectivity index (χ3n) is 2.60. The minimum Gasteiger partial charge on any atom is -0.459 e. The molecule has 0 unspecified atom stereocenters. The van der Waals surface area contributed by atoms with E-state index in [9.17, 15) is 24.0 Å². The zero-order valence-corrected chi connectivity index (χ0v) is 16.0. The molecule has 0 aromatic rings. The minimum absolute atomic E-state index is 0.0232. The second kappa shape index (κ2) is 12.9. The zero-order chi connectivity index (χ0) is 21.7. The summed E-state index contributed by atoms with van der Waals surface area (Å²) in [6, 6.07) is 0. The molecule has 0 rings (SSSR count). The molecule has 0 aliphatic rings. The van der Waals surface area contributed by atoms with Gasteiger partial charge in [0.15, 0.2) is 0 Å². The van der Waals surface area contributed by atoms with E-state index in [4.69, 9.17) is 9.47 Å².